The summed E-state index contributed by atoms with van der Waals surface area (Å²) in [5.41, 5.74) is 10.1. The highest BCUT2D eigenvalue weighted by Gasteiger charge is 2.15. The first-order valence-corrected chi connectivity index (χ1v) is 8.30. The molecule has 0 unspecified atom stereocenters. The van der Waals surface area contributed by atoms with E-state index < -0.39 is 0 Å². The van der Waals surface area contributed by atoms with Gasteiger partial charge < -0.3 is 10.5 Å². The molecule has 0 spiro atoms. The van der Waals surface area contributed by atoms with Crippen molar-refractivity contribution < 1.29 is 4.74 Å². The molecule has 0 aromatic heterocycles. The van der Waals surface area contributed by atoms with E-state index in [4.69, 9.17) is 22.7 Å². The molecule has 2 aromatic carbocycles. The maximum Gasteiger partial charge on any atom is 0.138 e. The van der Waals surface area contributed by atoms with Crippen LogP contribution in [-0.4, -0.2) is 11.2 Å². The van der Waals surface area contributed by atoms with Crippen molar-refractivity contribution in [3.63, 3.8) is 0 Å². The van der Waals surface area contributed by atoms with Gasteiger partial charge >= 0.3 is 0 Å². The molecule has 0 heterocycles. The first-order valence-electron chi connectivity index (χ1n) is 6.67. The van der Waals surface area contributed by atoms with Gasteiger partial charge in [-0.25, -0.2) is 0 Å². The fraction of sp³-hybridized carbons (Fsp3) is 0.235. The van der Waals surface area contributed by atoms with E-state index in [-0.39, 0.29) is 0 Å². The van der Waals surface area contributed by atoms with Crippen LogP contribution in [0.4, 0.5) is 0 Å². The SMILES string of the molecule is CSc1cccc(Oc2c(C)ccc(C)c2C)c1C(N)=S. The molecular formula is C17H19NOS2. The Kier molecular flexibility index (Phi) is 4.91. The number of ether oxygens (including phenoxy) is 1. The molecule has 21 heavy (non-hydrogen) atoms. The number of nitrogens with two attached hydrogens (primary N) is 1. The van der Waals surface area contributed by atoms with E-state index >= 15 is 0 Å². The van der Waals surface area contributed by atoms with E-state index in [9.17, 15) is 0 Å². The Balaban J connectivity index is 2.55. The largest absolute Gasteiger partial charge is 0.456 e. The molecule has 0 radical (unpaired) electrons. The molecular weight excluding hydrogens is 298 g/mol. The lowest BCUT2D eigenvalue weighted by molar-refractivity contribution is 0.472. The number of hydrogen-bond acceptors (Lipinski definition) is 3. The molecule has 2 N–H and O–H groups in total. The first kappa shape index (κ1) is 15.9. The summed E-state index contributed by atoms with van der Waals surface area (Å²) in [6.07, 6.45) is 2.00. The molecule has 2 rings (SSSR count). The van der Waals surface area contributed by atoms with E-state index in [1.54, 1.807) is 11.8 Å². The van der Waals surface area contributed by atoms with Crippen molar-refractivity contribution in [3.05, 3.63) is 52.6 Å². The molecule has 0 saturated heterocycles. The van der Waals surface area contributed by atoms with Crippen LogP contribution in [0.3, 0.4) is 0 Å². The maximum atomic E-state index is 6.17. The van der Waals surface area contributed by atoms with Crippen LogP contribution in [0, 0.1) is 20.8 Å². The summed E-state index contributed by atoms with van der Waals surface area (Å²) < 4.78 is 6.17. The van der Waals surface area contributed by atoms with E-state index in [0.717, 1.165) is 27.3 Å². The van der Waals surface area contributed by atoms with Gasteiger partial charge in [0.1, 0.15) is 16.5 Å². The number of thioether (sulfide) groups is 1. The van der Waals surface area contributed by atoms with Gasteiger partial charge in [0, 0.05) is 4.90 Å². The van der Waals surface area contributed by atoms with Crippen molar-refractivity contribution in [1.82, 2.24) is 0 Å². The summed E-state index contributed by atoms with van der Waals surface area (Å²) >= 11 is 6.81. The number of benzene rings is 2. The lowest BCUT2D eigenvalue weighted by atomic mass is 10.1. The van der Waals surface area contributed by atoms with Gasteiger partial charge in [0.05, 0.1) is 5.56 Å². The minimum atomic E-state index is 0.359. The summed E-state index contributed by atoms with van der Waals surface area (Å²) in [6, 6.07) is 10.0. The molecule has 0 amide bonds. The van der Waals surface area contributed by atoms with Gasteiger partial charge in [-0.05, 0) is 55.9 Å². The van der Waals surface area contributed by atoms with Gasteiger partial charge in [0.15, 0.2) is 0 Å². The normalized spacial score (nSPS) is 10.5. The third kappa shape index (κ3) is 3.22. The van der Waals surface area contributed by atoms with Crippen LogP contribution in [-0.2, 0) is 0 Å². The van der Waals surface area contributed by atoms with Crippen molar-refractivity contribution >= 4 is 29.0 Å². The number of rotatable bonds is 4. The van der Waals surface area contributed by atoms with Crippen molar-refractivity contribution in [1.29, 1.82) is 0 Å². The average Bonchev–Trinajstić information content (AvgIpc) is 2.47. The lowest BCUT2D eigenvalue weighted by Gasteiger charge is -2.17. The molecule has 0 atom stereocenters. The Hall–Kier alpha value is -1.52. The third-order valence-corrected chi connectivity index (χ3v) is 4.52. The first-order chi connectivity index (χ1) is 9.95. The van der Waals surface area contributed by atoms with E-state index in [0.29, 0.717) is 10.7 Å². The van der Waals surface area contributed by atoms with Crippen LogP contribution in [0.2, 0.25) is 0 Å². The third-order valence-electron chi connectivity index (χ3n) is 3.54. The molecule has 0 aliphatic carbocycles. The second kappa shape index (κ2) is 6.50. The monoisotopic (exact) mass is 317 g/mol. The molecule has 4 heteroatoms. The number of thiocarbonyl (C=S) groups is 1. The minimum absolute atomic E-state index is 0.359. The van der Waals surface area contributed by atoms with Gasteiger partial charge in [-0.15, -0.1) is 11.8 Å². The van der Waals surface area contributed by atoms with Crippen molar-refractivity contribution in [2.24, 2.45) is 5.73 Å². The zero-order chi connectivity index (χ0) is 15.6. The molecule has 2 aromatic rings. The van der Waals surface area contributed by atoms with E-state index in [1.807, 2.05) is 31.4 Å². The smallest absolute Gasteiger partial charge is 0.138 e. The standard InChI is InChI=1S/C17H19NOS2/c1-10-8-9-11(2)16(12(10)3)19-13-6-5-7-14(21-4)15(13)17(18)20/h5-9H,1-4H3,(H2,18,20). The van der Waals surface area contributed by atoms with Crippen molar-refractivity contribution in [2.45, 2.75) is 25.7 Å². The fourth-order valence-electron chi connectivity index (χ4n) is 2.20. The summed E-state index contributed by atoms with van der Waals surface area (Å²) in [4.78, 5) is 1.39. The molecule has 110 valence electrons. The summed E-state index contributed by atoms with van der Waals surface area (Å²) in [5, 5.41) is 0. The minimum Gasteiger partial charge on any atom is -0.456 e. The Morgan fingerprint density at radius 1 is 1.10 bits per heavy atom. The Labute approximate surface area is 135 Å². The zero-order valence-electron chi connectivity index (χ0n) is 12.7. The van der Waals surface area contributed by atoms with E-state index in [2.05, 4.69) is 26.0 Å². The van der Waals surface area contributed by atoms with Crippen LogP contribution in [0.15, 0.2) is 35.2 Å². The molecule has 2 nitrogen and oxygen atoms in total. The fourth-order valence-corrected chi connectivity index (χ4v) is 3.11. The number of aryl methyl sites for hydroxylation is 2. The lowest BCUT2D eigenvalue weighted by Crippen LogP contribution is -2.12. The predicted molar refractivity (Wildman–Crippen MR) is 94.8 cm³/mol. The van der Waals surface area contributed by atoms with Gasteiger partial charge in [0.25, 0.3) is 0 Å². The predicted octanol–water partition coefficient (Wildman–Crippen LogP) is 4.76. The quantitative estimate of drug-likeness (QED) is 0.651. The Bertz CT molecular complexity index is 695. The summed E-state index contributed by atoms with van der Waals surface area (Å²) in [6.45, 7) is 6.19. The average molecular weight is 317 g/mol. The maximum absolute atomic E-state index is 6.17. The molecule has 0 aliphatic heterocycles. The van der Waals surface area contributed by atoms with Crippen LogP contribution < -0.4 is 10.5 Å². The van der Waals surface area contributed by atoms with Crippen LogP contribution in [0.1, 0.15) is 22.3 Å². The van der Waals surface area contributed by atoms with Gasteiger partial charge in [0.2, 0.25) is 0 Å². The van der Waals surface area contributed by atoms with Gasteiger partial charge in [-0.2, -0.15) is 0 Å². The molecule has 0 bridgehead atoms. The highest BCUT2D eigenvalue weighted by atomic mass is 32.2. The number of hydrogen-bond donors (Lipinski definition) is 1. The van der Waals surface area contributed by atoms with Crippen molar-refractivity contribution in [3.8, 4) is 11.5 Å². The second-order valence-corrected chi connectivity index (χ2v) is 6.24. The highest BCUT2D eigenvalue weighted by Crippen LogP contribution is 2.35. The van der Waals surface area contributed by atoms with Crippen LogP contribution in [0.5, 0.6) is 11.5 Å². The Morgan fingerprint density at radius 2 is 1.76 bits per heavy atom. The van der Waals surface area contributed by atoms with Gasteiger partial charge in [-0.1, -0.05) is 30.4 Å². The summed E-state index contributed by atoms with van der Waals surface area (Å²) in [7, 11) is 0. The highest BCUT2D eigenvalue weighted by molar-refractivity contribution is 7.98. The Morgan fingerprint density at radius 3 is 2.38 bits per heavy atom. The van der Waals surface area contributed by atoms with Crippen LogP contribution in [0.25, 0.3) is 0 Å². The topological polar surface area (TPSA) is 35.2 Å². The zero-order valence-corrected chi connectivity index (χ0v) is 14.3. The molecule has 0 fully saturated rings. The molecule has 0 aliphatic rings. The van der Waals surface area contributed by atoms with E-state index in [1.165, 1.54) is 5.56 Å². The second-order valence-electron chi connectivity index (χ2n) is 4.95. The summed E-state index contributed by atoms with van der Waals surface area (Å²) in [5.74, 6) is 1.59. The molecule has 0 saturated carbocycles. The van der Waals surface area contributed by atoms with Crippen LogP contribution >= 0.6 is 24.0 Å². The van der Waals surface area contributed by atoms with Crippen molar-refractivity contribution in [2.75, 3.05) is 6.26 Å². The van der Waals surface area contributed by atoms with Gasteiger partial charge in [-0.3, -0.25) is 0 Å².